The smallest absolute Gasteiger partial charge is 0.326 e. The first-order valence-corrected chi connectivity index (χ1v) is 15.9. The summed E-state index contributed by atoms with van der Waals surface area (Å²) in [6.07, 6.45) is 3.97. The zero-order valence-corrected chi connectivity index (χ0v) is 23.9. The van der Waals surface area contributed by atoms with Gasteiger partial charge < -0.3 is 20.2 Å². The molecule has 2 aliphatic heterocycles. The van der Waals surface area contributed by atoms with Crippen molar-refractivity contribution in [3.63, 3.8) is 0 Å². The predicted molar refractivity (Wildman–Crippen MR) is 150 cm³/mol. The van der Waals surface area contributed by atoms with Crippen LogP contribution in [0.2, 0.25) is 0 Å². The van der Waals surface area contributed by atoms with Gasteiger partial charge in [-0.3, -0.25) is 4.79 Å². The number of carbonyl (C=O) groups is 2. The molecule has 206 valence electrons. The average Bonchev–Trinajstić information content (AvgIpc) is 2.87. The molecule has 2 heterocycles. The van der Waals surface area contributed by atoms with E-state index >= 15 is 0 Å². The van der Waals surface area contributed by atoms with E-state index in [0.717, 1.165) is 53.8 Å². The van der Waals surface area contributed by atoms with Crippen LogP contribution in [0.5, 0.6) is 0 Å². The molecule has 2 aromatic rings. The maximum absolute atomic E-state index is 12.7. The molecular weight excluding hydrogens is 522 g/mol. The van der Waals surface area contributed by atoms with Crippen molar-refractivity contribution in [2.75, 3.05) is 37.3 Å². The predicted octanol–water partition coefficient (Wildman–Crippen LogP) is 4.41. The number of carboxylic acids is 1. The van der Waals surface area contributed by atoms with Gasteiger partial charge in [0, 0.05) is 28.5 Å². The standard InChI is InChI=1S/C28H37N3O5S2/c1-19(2)17-22(28(33)34)29-27(32)20-11-15-30(16-12-20)13-6-14-31-23-7-4-5-8-25(23)37-26-10-9-21(18-24(26)31)38(3,35)36/h4-5,7-10,18-20,22H,6,11-17H2,1-3H3,(H,29,32)(H,33,34). The molecule has 0 aromatic heterocycles. The van der Waals surface area contributed by atoms with E-state index in [-0.39, 0.29) is 17.7 Å². The van der Waals surface area contributed by atoms with Crippen molar-refractivity contribution in [1.82, 2.24) is 10.2 Å². The van der Waals surface area contributed by atoms with Crippen LogP contribution in [0, 0.1) is 11.8 Å². The van der Waals surface area contributed by atoms with Gasteiger partial charge in [0.05, 0.1) is 16.3 Å². The van der Waals surface area contributed by atoms with Crippen molar-refractivity contribution in [1.29, 1.82) is 0 Å². The number of likely N-dealkylation sites (tertiary alicyclic amines) is 1. The molecule has 2 aliphatic rings. The summed E-state index contributed by atoms with van der Waals surface area (Å²) in [7, 11) is -3.32. The summed E-state index contributed by atoms with van der Waals surface area (Å²) in [5, 5.41) is 12.2. The number of para-hydroxylation sites is 1. The Morgan fingerprint density at radius 3 is 2.39 bits per heavy atom. The van der Waals surface area contributed by atoms with E-state index in [1.165, 1.54) is 6.26 Å². The van der Waals surface area contributed by atoms with Crippen molar-refractivity contribution < 1.29 is 23.1 Å². The summed E-state index contributed by atoms with van der Waals surface area (Å²) >= 11 is 1.66. The highest BCUT2D eigenvalue weighted by Gasteiger charge is 2.29. The number of nitrogens with zero attached hydrogens (tertiary/aromatic N) is 2. The molecule has 2 aromatic carbocycles. The van der Waals surface area contributed by atoms with Gasteiger partial charge in [0.2, 0.25) is 5.91 Å². The normalized spacial score (nSPS) is 17.1. The lowest BCUT2D eigenvalue weighted by Gasteiger charge is -2.35. The number of piperidine rings is 1. The van der Waals surface area contributed by atoms with E-state index in [0.29, 0.717) is 24.2 Å². The summed E-state index contributed by atoms with van der Waals surface area (Å²) in [5.41, 5.74) is 2.00. The van der Waals surface area contributed by atoms with Crippen LogP contribution >= 0.6 is 11.8 Å². The van der Waals surface area contributed by atoms with Gasteiger partial charge in [-0.25, -0.2) is 13.2 Å². The highest BCUT2D eigenvalue weighted by atomic mass is 32.2. The number of hydrogen-bond donors (Lipinski definition) is 2. The van der Waals surface area contributed by atoms with Gasteiger partial charge in [0.25, 0.3) is 0 Å². The Morgan fingerprint density at radius 2 is 1.74 bits per heavy atom. The SMILES string of the molecule is CC(C)CC(NC(=O)C1CCN(CCCN2c3ccccc3Sc3ccc(S(C)(=O)=O)cc32)CC1)C(=O)O. The molecule has 2 N–H and O–H groups in total. The second-order valence-electron chi connectivity index (χ2n) is 10.6. The third-order valence-corrected chi connectivity index (χ3v) is 9.40. The minimum absolute atomic E-state index is 0.154. The van der Waals surface area contributed by atoms with E-state index < -0.39 is 21.8 Å². The van der Waals surface area contributed by atoms with Crippen molar-refractivity contribution in [2.45, 2.75) is 60.3 Å². The molecule has 8 nitrogen and oxygen atoms in total. The van der Waals surface area contributed by atoms with Gasteiger partial charge >= 0.3 is 5.97 Å². The summed E-state index contributed by atoms with van der Waals surface area (Å²) in [6.45, 7) is 7.10. The molecular formula is C28H37N3O5S2. The van der Waals surface area contributed by atoms with Gasteiger partial charge in [-0.2, -0.15) is 0 Å². The largest absolute Gasteiger partial charge is 0.480 e. The van der Waals surface area contributed by atoms with E-state index in [1.54, 1.807) is 23.9 Å². The number of carbonyl (C=O) groups excluding carboxylic acids is 1. The molecule has 1 saturated heterocycles. The minimum Gasteiger partial charge on any atom is -0.480 e. The van der Waals surface area contributed by atoms with Crippen LogP contribution in [0.1, 0.15) is 39.5 Å². The van der Waals surface area contributed by atoms with E-state index in [4.69, 9.17) is 0 Å². The molecule has 1 unspecified atom stereocenters. The Kier molecular flexibility index (Phi) is 9.05. The Hall–Kier alpha value is -2.56. The lowest BCUT2D eigenvalue weighted by Crippen LogP contribution is -2.47. The average molecular weight is 560 g/mol. The molecule has 0 aliphatic carbocycles. The van der Waals surface area contributed by atoms with Crippen LogP contribution in [-0.4, -0.2) is 68.8 Å². The third kappa shape index (κ3) is 6.90. The second-order valence-corrected chi connectivity index (χ2v) is 13.7. The zero-order chi connectivity index (χ0) is 27.4. The van der Waals surface area contributed by atoms with Crippen LogP contribution in [0.3, 0.4) is 0 Å². The number of aliphatic carboxylic acids is 1. The van der Waals surface area contributed by atoms with Gasteiger partial charge in [-0.1, -0.05) is 37.7 Å². The van der Waals surface area contributed by atoms with Crippen molar-refractivity contribution in [3.8, 4) is 0 Å². The maximum atomic E-state index is 12.7. The fourth-order valence-corrected chi connectivity index (χ4v) is 6.85. The van der Waals surface area contributed by atoms with Crippen LogP contribution in [0.15, 0.2) is 57.2 Å². The number of sulfone groups is 1. The number of fused-ring (bicyclic) bond motifs is 2. The van der Waals surface area contributed by atoms with Gasteiger partial charge in [0.1, 0.15) is 6.04 Å². The Balaban J connectivity index is 1.35. The Labute approximate surface area is 229 Å². The first-order valence-electron chi connectivity index (χ1n) is 13.2. The number of nitrogens with one attached hydrogen (secondary N) is 1. The fourth-order valence-electron chi connectivity index (χ4n) is 5.13. The third-order valence-electron chi connectivity index (χ3n) is 7.16. The molecule has 1 amide bonds. The van der Waals surface area contributed by atoms with E-state index in [1.807, 2.05) is 32.0 Å². The maximum Gasteiger partial charge on any atom is 0.326 e. The van der Waals surface area contributed by atoms with E-state index in [9.17, 15) is 23.1 Å². The highest BCUT2D eigenvalue weighted by Crippen LogP contribution is 2.48. The fraction of sp³-hybridized carbons (Fsp3) is 0.500. The van der Waals surface area contributed by atoms with Gasteiger partial charge in [-0.15, -0.1) is 0 Å². The topological polar surface area (TPSA) is 107 Å². The number of hydrogen-bond acceptors (Lipinski definition) is 7. The molecule has 38 heavy (non-hydrogen) atoms. The van der Waals surface area contributed by atoms with Crippen LogP contribution in [0.25, 0.3) is 0 Å². The molecule has 10 heteroatoms. The lowest BCUT2D eigenvalue weighted by molar-refractivity contribution is -0.143. The minimum atomic E-state index is -3.32. The highest BCUT2D eigenvalue weighted by molar-refractivity contribution is 7.99. The van der Waals surface area contributed by atoms with Crippen LogP contribution in [-0.2, 0) is 19.4 Å². The molecule has 1 atom stereocenters. The Morgan fingerprint density at radius 1 is 1.05 bits per heavy atom. The number of carboxylic acid groups (broad SMARTS) is 1. The lowest BCUT2D eigenvalue weighted by atomic mass is 9.94. The monoisotopic (exact) mass is 559 g/mol. The van der Waals surface area contributed by atoms with Crippen molar-refractivity contribution in [3.05, 3.63) is 42.5 Å². The zero-order valence-electron chi connectivity index (χ0n) is 22.2. The molecule has 1 fully saturated rings. The molecule has 0 saturated carbocycles. The number of rotatable bonds is 10. The van der Waals surface area contributed by atoms with Gasteiger partial charge in [-0.05, 0) is 81.6 Å². The van der Waals surface area contributed by atoms with Crippen molar-refractivity contribution in [2.24, 2.45) is 11.8 Å². The molecule has 0 spiro atoms. The summed E-state index contributed by atoms with van der Waals surface area (Å²) in [4.78, 5) is 31.3. The first kappa shape index (κ1) is 28.4. The summed E-state index contributed by atoms with van der Waals surface area (Å²) in [6, 6.07) is 12.7. The summed E-state index contributed by atoms with van der Waals surface area (Å²) in [5.74, 6) is -1.10. The van der Waals surface area contributed by atoms with Crippen molar-refractivity contribution >= 4 is 44.9 Å². The number of anilines is 2. The second kappa shape index (κ2) is 12.1. The quantitative estimate of drug-likeness (QED) is 0.441. The Bertz CT molecular complexity index is 1270. The van der Waals surface area contributed by atoms with Crippen LogP contribution < -0.4 is 10.2 Å². The van der Waals surface area contributed by atoms with E-state index in [2.05, 4.69) is 27.2 Å². The molecule has 0 radical (unpaired) electrons. The van der Waals surface area contributed by atoms with Crippen LogP contribution in [0.4, 0.5) is 11.4 Å². The number of amides is 1. The number of benzene rings is 2. The molecule has 4 rings (SSSR count). The summed E-state index contributed by atoms with van der Waals surface area (Å²) < 4.78 is 24.4. The molecule has 0 bridgehead atoms. The first-order chi connectivity index (χ1) is 18.0. The van der Waals surface area contributed by atoms with Gasteiger partial charge in [0.15, 0.2) is 9.84 Å².